The molecule has 0 atom stereocenters. The van der Waals surface area contributed by atoms with Crippen LogP contribution in [0.25, 0.3) is 0 Å². The second-order valence-electron chi connectivity index (χ2n) is 4.10. The van der Waals surface area contributed by atoms with Gasteiger partial charge in [-0.15, -0.1) is 17.3 Å². The van der Waals surface area contributed by atoms with Crippen LogP contribution in [-0.2, 0) is 31.5 Å². The van der Waals surface area contributed by atoms with Crippen LogP contribution in [0.4, 0.5) is 0 Å². The molecule has 0 saturated carbocycles. The summed E-state index contributed by atoms with van der Waals surface area (Å²) in [5, 5.41) is 29.9. The van der Waals surface area contributed by atoms with Crippen LogP contribution < -0.4 is 15.3 Å². The average Bonchev–Trinajstić information content (AvgIpc) is 2.10. The molecule has 6 nitrogen and oxygen atoms in total. The molecule has 0 saturated heterocycles. The summed E-state index contributed by atoms with van der Waals surface area (Å²) in [6.45, 7) is 8.09. The fraction of sp³-hybridized carbons (Fsp3) is 0.400. The van der Waals surface area contributed by atoms with E-state index in [0.29, 0.717) is 0 Å². The van der Waals surface area contributed by atoms with Crippen molar-refractivity contribution in [3.63, 3.8) is 0 Å². The van der Waals surface area contributed by atoms with Crippen LogP contribution in [0.5, 0.6) is 0 Å². The van der Waals surface area contributed by atoms with Crippen molar-refractivity contribution in [3.05, 3.63) is 35.5 Å². The zero-order valence-corrected chi connectivity index (χ0v) is 14.6. The monoisotopic (exact) mass is 353 g/mol. The van der Waals surface area contributed by atoms with Crippen LogP contribution >= 0.6 is 0 Å². The molecular formula is C15H21FeO6-3. The summed E-state index contributed by atoms with van der Waals surface area (Å²) >= 11 is 0. The summed E-state index contributed by atoms with van der Waals surface area (Å²) < 4.78 is 0. The Morgan fingerprint density at radius 2 is 0.682 bits per heavy atom. The largest absolute Gasteiger partial charge is 0.876 e. The van der Waals surface area contributed by atoms with Gasteiger partial charge in [0, 0.05) is 17.1 Å². The maximum absolute atomic E-state index is 9.98. The van der Waals surface area contributed by atoms with Crippen LogP contribution in [-0.4, -0.2) is 17.3 Å². The van der Waals surface area contributed by atoms with Gasteiger partial charge in [-0.05, 0) is 39.0 Å². The number of allylic oxidation sites excluding steroid dienone is 6. The van der Waals surface area contributed by atoms with E-state index in [1.165, 1.54) is 41.5 Å². The Balaban J connectivity index is -0.000000108. The third-order valence-electron chi connectivity index (χ3n) is 1.22. The zero-order chi connectivity index (χ0) is 17.6. The number of ketones is 3. The summed E-state index contributed by atoms with van der Waals surface area (Å²) in [5.74, 6) is -1.12. The van der Waals surface area contributed by atoms with Gasteiger partial charge in [0.15, 0.2) is 17.3 Å². The topological polar surface area (TPSA) is 120 Å². The summed E-state index contributed by atoms with van der Waals surface area (Å²) in [6.07, 6.45) is 3.17. The van der Waals surface area contributed by atoms with E-state index >= 15 is 0 Å². The molecule has 0 radical (unpaired) electrons. The van der Waals surface area contributed by atoms with Gasteiger partial charge >= 0.3 is 0 Å². The van der Waals surface area contributed by atoms with E-state index in [-0.39, 0.29) is 51.7 Å². The number of rotatable bonds is 3. The molecule has 0 bridgehead atoms. The van der Waals surface area contributed by atoms with Gasteiger partial charge in [-0.2, -0.15) is 0 Å². The molecule has 0 aromatic rings. The SMILES string of the molecule is CC(=O)/C=C(/C)[O-].CC(=O)/C=C(/C)[O-].CC(=O)/C=C(/C)[O-].[Fe]. The summed E-state index contributed by atoms with van der Waals surface area (Å²) in [4.78, 5) is 29.9. The Kier molecular flexibility index (Phi) is 22.2. The normalized spacial score (nSPS) is 10.9. The number of carbonyl (C=O) groups is 3. The predicted octanol–water partition coefficient (Wildman–Crippen LogP) is -0.484. The van der Waals surface area contributed by atoms with Crippen molar-refractivity contribution in [2.75, 3.05) is 0 Å². The first-order valence-electron chi connectivity index (χ1n) is 5.96. The molecule has 0 aliphatic heterocycles. The van der Waals surface area contributed by atoms with Gasteiger partial charge in [-0.3, -0.25) is 14.4 Å². The minimum atomic E-state index is -0.187. The van der Waals surface area contributed by atoms with Gasteiger partial charge in [-0.25, -0.2) is 0 Å². The van der Waals surface area contributed by atoms with Crippen LogP contribution in [0.2, 0.25) is 0 Å². The van der Waals surface area contributed by atoms with Crippen molar-refractivity contribution < 1.29 is 46.8 Å². The Labute approximate surface area is 141 Å². The molecule has 0 aromatic carbocycles. The van der Waals surface area contributed by atoms with Crippen molar-refractivity contribution in [2.24, 2.45) is 0 Å². The van der Waals surface area contributed by atoms with Gasteiger partial charge in [0.05, 0.1) is 0 Å². The van der Waals surface area contributed by atoms with Crippen molar-refractivity contribution in [3.8, 4) is 0 Å². The van der Waals surface area contributed by atoms with Crippen LogP contribution in [0.1, 0.15) is 41.5 Å². The fourth-order valence-corrected chi connectivity index (χ4v) is 0.859. The molecule has 0 aliphatic rings. The van der Waals surface area contributed by atoms with Crippen LogP contribution in [0.3, 0.4) is 0 Å². The maximum Gasteiger partial charge on any atom is 0.151 e. The smallest absolute Gasteiger partial charge is 0.151 e. The molecule has 22 heavy (non-hydrogen) atoms. The first kappa shape index (κ1) is 28.3. The molecule has 128 valence electrons. The molecule has 0 unspecified atom stereocenters. The van der Waals surface area contributed by atoms with Gasteiger partial charge in [-0.1, -0.05) is 20.8 Å². The molecular weight excluding hydrogens is 332 g/mol. The third kappa shape index (κ3) is 51.8. The van der Waals surface area contributed by atoms with E-state index in [9.17, 15) is 29.7 Å². The molecule has 0 amide bonds. The summed E-state index contributed by atoms with van der Waals surface area (Å²) in [7, 11) is 0. The first-order chi connectivity index (χ1) is 9.38. The van der Waals surface area contributed by atoms with Crippen LogP contribution in [0, 0.1) is 0 Å². The standard InChI is InChI=1S/3C5H8O2.Fe/c3*1-4(6)3-5(2)7;/h3*3,6H,1-2H3;/p-3/b3*4-3-;. The Morgan fingerprint density at radius 1 is 0.545 bits per heavy atom. The van der Waals surface area contributed by atoms with Gasteiger partial charge in [0.1, 0.15) is 0 Å². The maximum atomic E-state index is 9.98. The third-order valence-corrected chi connectivity index (χ3v) is 1.22. The molecule has 0 aliphatic carbocycles. The molecule has 0 heterocycles. The second kappa shape index (κ2) is 17.2. The Bertz CT molecular complexity index is 368. The molecule has 0 fully saturated rings. The van der Waals surface area contributed by atoms with E-state index in [1.807, 2.05) is 0 Å². The minimum Gasteiger partial charge on any atom is -0.876 e. The summed E-state index contributed by atoms with van der Waals surface area (Å²) in [5.41, 5.74) is 0. The van der Waals surface area contributed by atoms with E-state index < -0.39 is 0 Å². The minimum absolute atomic E-state index is 0. The fourth-order valence-electron chi connectivity index (χ4n) is 0.859. The Morgan fingerprint density at radius 3 is 0.682 bits per heavy atom. The molecule has 0 N–H and O–H groups in total. The quantitative estimate of drug-likeness (QED) is 0.384. The molecule has 0 aromatic heterocycles. The van der Waals surface area contributed by atoms with Crippen molar-refractivity contribution in [1.82, 2.24) is 0 Å². The average molecular weight is 353 g/mol. The molecule has 0 spiro atoms. The van der Waals surface area contributed by atoms with Crippen molar-refractivity contribution >= 4 is 17.3 Å². The van der Waals surface area contributed by atoms with E-state index in [4.69, 9.17) is 0 Å². The summed E-state index contributed by atoms with van der Waals surface area (Å²) in [6, 6.07) is 0. The first-order valence-corrected chi connectivity index (χ1v) is 5.96. The zero-order valence-electron chi connectivity index (χ0n) is 13.5. The van der Waals surface area contributed by atoms with Crippen LogP contribution in [0.15, 0.2) is 35.5 Å². The number of hydrogen-bond acceptors (Lipinski definition) is 6. The van der Waals surface area contributed by atoms with E-state index in [0.717, 1.165) is 18.2 Å². The predicted molar refractivity (Wildman–Crippen MR) is 73.3 cm³/mol. The second-order valence-corrected chi connectivity index (χ2v) is 4.10. The van der Waals surface area contributed by atoms with Crippen molar-refractivity contribution in [2.45, 2.75) is 41.5 Å². The van der Waals surface area contributed by atoms with Gasteiger partial charge < -0.3 is 15.3 Å². The van der Waals surface area contributed by atoms with Crippen molar-refractivity contribution in [1.29, 1.82) is 0 Å². The van der Waals surface area contributed by atoms with Gasteiger partial charge in [0.25, 0.3) is 0 Å². The molecule has 7 heteroatoms. The van der Waals surface area contributed by atoms with Gasteiger partial charge in [0.2, 0.25) is 0 Å². The Hall–Kier alpha value is -1.85. The molecule has 0 rings (SSSR count). The number of carbonyl (C=O) groups excluding carboxylic acids is 3. The van der Waals surface area contributed by atoms with E-state index in [2.05, 4.69) is 0 Å². The van der Waals surface area contributed by atoms with E-state index in [1.54, 1.807) is 0 Å². The number of hydrogen-bond donors (Lipinski definition) is 0.